The third-order valence-corrected chi connectivity index (χ3v) is 3.95. The molecule has 114 valence electrons. The van der Waals surface area contributed by atoms with Crippen LogP contribution in [0.3, 0.4) is 0 Å². The fraction of sp³-hybridized carbons (Fsp3) is 0.500. The van der Waals surface area contributed by atoms with Crippen molar-refractivity contribution < 1.29 is 9.59 Å². The van der Waals surface area contributed by atoms with Crippen LogP contribution in [0.4, 0.5) is 5.69 Å². The number of anilines is 1. The van der Waals surface area contributed by atoms with E-state index in [1.54, 1.807) is 19.2 Å². The molecule has 1 aliphatic rings. The van der Waals surface area contributed by atoms with Crippen LogP contribution in [0.5, 0.6) is 0 Å². The second kappa shape index (κ2) is 7.11. The standard InChI is InChI=1S/C16H23N3O2/c1-12-7-9-19(10-8-12)15(20)11-18-14-5-3-13(4-6-14)16(21)17-2/h3-6,12,18H,7-11H2,1-2H3,(H,17,21). The summed E-state index contributed by atoms with van der Waals surface area (Å²) >= 11 is 0. The van der Waals surface area contributed by atoms with Gasteiger partial charge < -0.3 is 15.5 Å². The van der Waals surface area contributed by atoms with E-state index in [1.165, 1.54) is 0 Å². The topological polar surface area (TPSA) is 61.4 Å². The van der Waals surface area contributed by atoms with Gasteiger partial charge >= 0.3 is 0 Å². The number of piperidine rings is 1. The number of carbonyl (C=O) groups is 2. The van der Waals surface area contributed by atoms with Crippen LogP contribution < -0.4 is 10.6 Å². The van der Waals surface area contributed by atoms with Gasteiger partial charge in [-0.05, 0) is 43.0 Å². The van der Waals surface area contributed by atoms with Crippen LogP contribution >= 0.6 is 0 Å². The first-order chi connectivity index (χ1) is 10.1. The summed E-state index contributed by atoms with van der Waals surface area (Å²) in [5.41, 5.74) is 1.46. The van der Waals surface area contributed by atoms with E-state index in [2.05, 4.69) is 17.6 Å². The van der Waals surface area contributed by atoms with E-state index >= 15 is 0 Å². The number of amides is 2. The van der Waals surface area contributed by atoms with E-state index in [9.17, 15) is 9.59 Å². The quantitative estimate of drug-likeness (QED) is 0.887. The molecule has 2 amide bonds. The second-order valence-electron chi connectivity index (χ2n) is 5.57. The van der Waals surface area contributed by atoms with Crippen molar-refractivity contribution in [2.75, 3.05) is 32.0 Å². The monoisotopic (exact) mass is 289 g/mol. The van der Waals surface area contributed by atoms with Crippen LogP contribution in [0.25, 0.3) is 0 Å². The Hall–Kier alpha value is -2.04. The van der Waals surface area contributed by atoms with Crippen molar-refractivity contribution in [2.24, 2.45) is 5.92 Å². The molecule has 5 heteroatoms. The van der Waals surface area contributed by atoms with E-state index in [0.29, 0.717) is 12.1 Å². The van der Waals surface area contributed by atoms with Crippen LogP contribution in [0.15, 0.2) is 24.3 Å². The summed E-state index contributed by atoms with van der Waals surface area (Å²) in [6.07, 6.45) is 2.18. The van der Waals surface area contributed by atoms with Crippen LogP contribution in [0, 0.1) is 5.92 Å². The Morgan fingerprint density at radius 2 is 1.81 bits per heavy atom. The number of hydrogen-bond donors (Lipinski definition) is 2. The third kappa shape index (κ3) is 4.21. The van der Waals surface area contributed by atoms with Gasteiger partial charge in [-0.1, -0.05) is 6.92 Å². The zero-order chi connectivity index (χ0) is 15.2. The number of benzene rings is 1. The lowest BCUT2D eigenvalue weighted by atomic mass is 9.99. The van der Waals surface area contributed by atoms with Gasteiger partial charge in [-0.25, -0.2) is 0 Å². The van der Waals surface area contributed by atoms with Crippen molar-refractivity contribution in [2.45, 2.75) is 19.8 Å². The SMILES string of the molecule is CNC(=O)c1ccc(NCC(=O)N2CCC(C)CC2)cc1. The molecular formula is C16H23N3O2. The smallest absolute Gasteiger partial charge is 0.251 e. The van der Waals surface area contributed by atoms with Gasteiger partial charge in [0.2, 0.25) is 5.91 Å². The van der Waals surface area contributed by atoms with Crippen molar-refractivity contribution in [3.05, 3.63) is 29.8 Å². The first-order valence-electron chi connectivity index (χ1n) is 7.44. The Kier molecular flexibility index (Phi) is 5.20. The largest absolute Gasteiger partial charge is 0.376 e. The van der Waals surface area contributed by atoms with E-state index in [0.717, 1.165) is 37.5 Å². The lowest BCUT2D eigenvalue weighted by Gasteiger charge is -2.30. The summed E-state index contributed by atoms with van der Waals surface area (Å²) < 4.78 is 0. The Morgan fingerprint density at radius 1 is 1.19 bits per heavy atom. The molecular weight excluding hydrogens is 266 g/mol. The highest BCUT2D eigenvalue weighted by molar-refractivity contribution is 5.94. The predicted molar refractivity (Wildman–Crippen MR) is 83.3 cm³/mol. The molecule has 1 aromatic rings. The highest BCUT2D eigenvalue weighted by Crippen LogP contribution is 2.16. The molecule has 1 aromatic carbocycles. The summed E-state index contributed by atoms with van der Waals surface area (Å²) in [5, 5.41) is 5.69. The number of rotatable bonds is 4. The van der Waals surface area contributed by atoms with Crippen LogP contribution in [0.2, 0.25) is 0 Å². The predicted octanol–water partition coefficient (Wildman–Crippen LogP) is 1.72. The van der Waals surface area contributed by atoms with E-state index in [4.69, 9.17) is 0 Å². The molecule has 5 nitrogen and oxygen atoms in total. The third-order valence-electron chi connectivity index (χ3n) is 3.95. The molecule has 2 N–H and O–H groups in total. The molecule has 0 aromatic heterocycles. The zero-order valence-corrected chi connectivity index (χ0v) is 12.7. The van der Waals surface area contributed by atoms with Crippen molar-refractivity contribution in [1.82, 2.24) is 10.2 Å². The molecule has 0 atom stereocenters. The Labute approximate surface area is 125 Å². The van der Waals surface area contributed by atoms with Crippen LogP contribution in [-0.4, -0.2) is 43.4 Å². The second-order valence-corrected chi connectivity index (χ2v) is 5.57. The molecule has 0 saturated carbocycles. The maximum Gasteiger partial charge on any atom is 0.251 e. The van der Waals surface area contributed by atoms with Crippen molar-refractivity contribution in [3.8, 4) is 0 Å². The van der Waals surface area contributed by atoms with Gasteiger partial charge in [0, 0.05) is 31.4 Å². The maximum atomic E-state index is 12.1. The molecule has 1 fully saturated rings. The van der Waals surface area contributed by atoms with Crippen LogP contribution in [-0.2, 0) is 4.79 Å². The van der Waals surface area contributed by atoms with Gasteiger partial charge in [0.15, 0.2) is 0 Å². The number of likely N-dealkylation sites (tertiary alicyclic amines) is 1. The Balaban J connectivity index is 1.82. The van der Waals surface area contributed by atoms with Gasteiger partial charge in [-0.2, -0.15) is 0 Å². The van der Waals surface area contributed by atoms with E-state index < -0.39 is 0 Å². The van der Waals surface area contributed by atoms with Crippen molar-refractivity contribution >= 4 is 17.5 Å². The van der Waals surface area contributed by atoms with E-state index in [-0.39, 0.29) is 11.8 Å². The average molecular weight is 289 g/mol. The molecule has 0 radical (unpaired) electrons. The van der Waals surface area contributed by atoms with E-state index in [1.807, 2.05) is 17.0 Å². The molecule has 0 aliphatic carbocycles. The summed E-state index contributed by atoms with van der Waals surface area (Å²) in [4.78, 5) is 25.5. The van der Waals surface area contributed by atoms with Crippen molar-refractivity contribution in [3.63, 3.8) is 0 Å². The molecule has 0 spiro atoms. The normalized spacial score (nSPS) is 15.6. The lowest BCUT2D eigenvalue weighted by Crippen LogP contribution is -2.40. The fourth-order valence-corrected chi connectivity index (χ4v) is 2.43. The summed E-state index contributed by atoms with van der Waals surface area (Å²) in [5.74, 6) is 0.747. The molecule has 1 saturated heterocycles. The maximum absolute atomic E-state index is 12.1. The number of nitrogens with zero attached hydrogens (tertiary/aromatic N) is 1. The lowest BCUT2D eigenvalue weighted by molar-refractivity contribution is -0.130. The fourth-order valence-electron chi connectivity index (χ4n) is 2.43. The zero-order valence-electron chi connectivity index (χ0n) is 12.7. The van der Waals surface area contributed by atoms with Gasteiger partial charge in [-0.3, -0.25) is 9.59 Å². The summed E-state index contributed by atoms with van der Waals surface area (Å²) in [7, 11) is 1.60. The average Bonchev–Trinajstić information content (AvgIpc) is 2.53. The first-order valence-corrected chi connectivity index (χ1v) is 7.44. The van der Waals surface area contributed by atoms with Gasteiger partial charge in [0.05, 0.1) is 6.54 Å². The molecule has 2 rings (SSSR count). The molecule has 0 bridgehead atoms. The van der Waals surface area contributed by atoms with Gasteiger partial charge in [0.1, 0.15) is 0 Å². The minimum atomic E-state index is -0.111. The minimum absolute atomic E-state index is 0.111. The Bertz CT molecular complexity index is 491. The number of hydrogen-bond acceptors (Lipinski definition) is 3. The molecule has 1 heterocycles. The first kappa shape index (κ1) is 15.4. The van der Waals surface area contributed by atoms with Crippen molar-refractivity contribution in [1.29, 1.82) is 0 Å². The minimum Gasteiger partial charge on any atom is -0.376 e. The molecule has 0 unspecified atom stereocenters. The Morgan fingerprint density at radius 3 is 2.38 bits per heavy atom. The molecule has 21 heavy (non-hydrogen) atoms. The van der Waals surface area contributed by atoms with Crippen LogP contribution in [0.1, 0.15) is 30.1 Å². The van der Waals surface area contributed by atoms with Gasteiger partial charge in [0.25, 0.3) is 5.91 Å². The highest BCUT2D eigenvalue weighted by Gasteiger charge is 2.19. The number of nitrogens with one attached hydrogen (secondary N) is 2. The highest BCUT2D eigenvalue weighted by atomic mass is 16.2. The number of carbonyl (C=O) groups excluding carboxylic acids is 2. The summed E-state index contributed by atoms with van der Waals surface area (Å²) in [6, 6.07) is 7.12. The van der Waals surface area contributed by atoms with Gasteiger partial charge in [-0.15, -0.1) is 0 Å². The molecule has 1 aliphatic heterocycles. The summed E-state index contributed by atoms with van der Waals surface area (Å²) in [6.45, 7) is 4.25.